The largest absolute Gasteiger partial charge is 0.328 e. The summed E-state index contributed by atoms with van der Waals surface area (Å²) in [6.07, 6.45) is 2.72. The van der Waals surface area contributed by atoms with Crippen molar-refractivity contribution in [2.24, 2.45) is 11.7 Å². The molecule has 0 spiro atoms. The first kappa shape index (κ1) is 17.1. The molecule has 0 amide bonds. The maximum atomic E-state index is 12.0. The molecule has 4 nitrogen and oxygen atoms in total. The molecule has 3 N–H and O–H groups in total. The summed E-state index contributed by atoms with van der Waals surface area (Å²) in [7, 11) is -3.41. The number of nitrogens with one attached hydrogen (secondary N) is 1. The van der Waals surface area contributed by atoms with Crippen molar-refractivity contribution >= 4 is 10.0 Å². The minimum Gasteiger partial charge on any atom is -0.328 e. The Morgan fingerprint density at radius 3 is 2.20 bits per heavy atom. The standard InChI is InChI=1S/C15H26N2O2S/c1-12(2)4-5-14-6-8-15(9-7-14)20(18,19)17-11-10-13(3)16/h6-9,12-13,17H,4-5,10-11,16H2,1-3H3. The monoisotopic (exact) mass is 298 g/mol. The topological polar surface area (TPSA) is 72.2 Å². The van der Waals surface area contributed by atoms with Crippen molar-refractivity contribution in [3.8, 4) is 0 Å². The lowest BCUT2D eigenvalue weighted by Crippen LogP contribution is -2.29. The van der Waals surface area contributed by atoms with Gasteiger partial charge in [-0.15, -0.1) is 0 Å². The van der Waals surface area contributed by atoms with Crippen LogP contribution >= 0.6 is 0 Å². The van der Waals surface area contributed by atoms with E-state index in [0.29, 0.717) is 23.8 Å². The number of benzene rings is 1. The molecule has 1 atom stereocenters. The van der Waals surface area contributed by atoms with Crippen molar-refractivity contribution < 1.29 is 8.42 Å². The zero-order valence-corrected chi connectivity index (χ0v) is 13.4. The Balaban J connectivity index is 2.62. The summed E-state index contributed by atoms with van der Waals surface area (Å²) in [6.45, 7) is 6.59. The van der Waals surface area contributed by atoms with Gasteiger partial charge >= 0.3 is 0 Å². The van der Waals surface area contributed by atoms with Crippen molar-refractivity contribution in [3.05, 3.63) is 29.8 Å². The quantitative estimate of drug-likeness (QED) is 0.773. The van der Waals surface area contributed by atoms with E-state index in [1.807, 2.05) is 19.1 Å². The second kappa shape index (κ2) is 7.76. The SMILES string of the molecule is CC(C)CCc1ccc(S(=O)(=O)NCCC(C)N)cc1. The highest BCUT2D eigenvalue weighted by molar-refractivity contribution is 7.89. The molecule has 1 aromatic carbocycles. The van der Waals surface area contributed by atoms with E-state index >= 15 is 0 Å². The first-order valence-corrected chi connectivity index (χ1v) is 8.64. The Morgan fingerprint density at radius 1 is 1.10 bits per heavy atom. The Labute approximate surface area is 122 Å². The molecule has 5 heteroatoms. The zero-order chi connectivity index (χ0) is 15.2. The van der Waals surface area contributed by atoms with Gasteiger partial charge in [-0.25, -0.2) is 13.1 Å². The van der Waals surface area contributed by atoms with Gasteiger partial charge in [0.15, 0.2) is 0 Å². The molecule has 0 saturated carbocycles. The molecule has 0 aliphatic carbocycles. The van der Waals surface area contributed by atoms with Gasteiger partial charge in [0.05, 0.1) is 4.90 Å². The van der Waals surface area contributed by atoms with E-state index in [1.165, 1.54) is 5.56 Å². The van der Waals surface area contributed by atoms with E-state index in [-0.39, 0.29) is 6.04 Å². The number of rotatable bonds is 8. The van der Waals surface area contributed by atoms with Crippen LogP contribution in [0.1, 0.15) is 39.2 Å². The van der Waals surface area contributed by atoms with Crippen molar-refractivity contribution in [1.82, 2.24) is 4.72 Å². The van der Waals surface area contributed by atoms with Gasteiger partial charge in [-0.05, 0) is 49.8 Å². The predicted molar refractivity (Wildman–Crippen MR) is 83.1 cm³/mol. The van der Waals surface area contributed by atoms with Gasteiger partial charge in [0.25, 0.3) is 0 Å². The Morgan fingerprint density at radius 2 is 1.70 bits per heavy atom. The minimum atomic E-state index is -3.41. The third-order valence-electron chi connectivity index (χ3n) is 3.14. The third-order valence-corrected chi connectivity index (χ3v) is 4.61. The Hall–Kier alpha value is -0.910. The highest BCUT2D eigenvalue weighted by Gasteiger charge is 2.13. The van der Waals surface area contributed by atoms with Crippen LogP contribution in [0.15, 0.2) is 29.2 Å². The number of nitrogens with two attached hydrogens (primary N) is 1. The molecule has 0 aromatic heterocycles. The van der Waals surface area contributed by atoms with Crippen molar-refractivity contribution in [2.75, 3.05) is 6.54 Å². The number of hydrogen-bond donors (Lipinski definition) is 2. The second-order valence-electron chi connectivity index (χ2n) is 5.74. The van der Waals surface area contributed by atoms with Gasteiger partial charge in [-0.3, -0.25) is 0 Å². The van der Waals surface area contributed by atoms with Crippen LogP contribution in [-0.4, -0.2) is 21.0 Å². The van der Waals surface area contributed by atoms with E-state index in [0.717, 1.165) is 12.8 Å². The predicted octanol–water partition coefficient (Wildman–Crippen LogP) is 2.29. The lowest BCUT2D eigenvalue weighted by Gasteiger charge is -2.09. The van der Waals surface area contributed by atoms with E-state index in [9.17, 15) is 8.42 Å². The summed E-state index contributed by atoms with van der Waals surface area (Å²) in [5, 5.41) is 0. The summed E-state index contributed by atoms with van der Waals surface area (Å²) in [6, 6.07) is 7.12. The van der Waals surface area contributed by atoms with Crippen LogP contribution < -0.4 is 10.5 Å². The van der Waals surface area contributed by atoms with E-state index in [4.69, 9.17) is 5.73 Å². The molecule has 0 aliphatic rings. The maximum Gasteiger partial charge on any atom is 0.240 e. The Bertz CT molecular complexity index is 493. The first-order valence-electron chi connectivity index (χ1n) is 7.15. The number of sulfonamides is 1. The van der Waals surface area contributed by atoms with Gasteiger partial charge in [-0.2, -0.15) is 0 Å². The third kappa shape index (κ3) is 6.03. The summed E-state index contributed by atoms with van der Waals surface area (Å²) in [5.74, 6) is 0.651. The van der Waals surface area contributed by atoms with Crippen LogP contribution in [0.25, 0.3) is 0 Å². The first-order chi connectivity index (χ1) is 9.31. The average Bonchev–Trinajstić information content (AvgIpc) is 2.36. The van der Waals surface area contributed by atoms with Gasteiger partial charge in [-0.1, -0.05) is 26.0 Å². The smallest absolute Gasteiger partial charge is 0.240 e. The molecule has 1 rings (SSSR count). The summed E-state index contributed by atoms with van der Waals surface area (Å²) in [4.78, 5) is 0.315. The minimum absolute atomic E-state index is 0.00360. The summed E-state index contributed by atoms with van der Waals surface area (Å²) < 4.78 is 26.6. The molecule has 0 aliphatic heterocycles. The lowest BCUT2D eigenvalue weighted by molar-refractivity contribution is 0.571. The highest BCUT2D eigenvalue weighted by atomic mass is 32.2. The molecule has 1 unspecified atom stereocenters. The number of hydrogen-bond acceptors (Lipinski definition) is 3. The molecule has 1 aromatic rings. The normalized spacial score (nSPS) is 13.7. The molecular formula is C15H26N2O2S. The van der Waals surface area contributed by atoms with Crippen molar-refractivity contribution in [3.63, 3.8) is 0 Å². The second-order valence-corrected chi connectivity index (χ2v) is 7.51. The summed E-state index contributed by atoms with van der Waals surface area (Å²) in [5.41, 5.74) is 6.78. The van der Waals surface area contributed by atoms with E-state index in [2.05, 4.69) is 18.6 Å². The fourth-order valence-electron chi connectivity index (χ4n) is 1.79. The van der Waals surface area contributed by atoms with E-state index < -0.39 is 10.0 Å². The van der Waals surface area contributed by atoms with Crippen LogP contribution in [-0.2, 0) is 16.4 Å². The average molecular weight is 298 g/mol. The molecular weight excluding hydrogens is 272 g/mol. The maximum absolute atomic E-state index is 12.0. The van der Waals surface area contributed by atoms with Gasteiger partial charge in [0, 0.05) is 12.6 Å². The molecule has 0 fully saturated rings. The molecule has 20 heavy (non-hydrogen) atoms. The lowest BCUT2D eigenvalue weighted by atomic mass is 10.0. The van der Waals surface area contributed by atoms with Crippen LogP contribution in [0.5, 0.6) is 0 Å². The fraction of sp³-hybridized carbons (Fsp3) is 0.600. The molecule has 0 heterocycles. The van der Waals surface area contributed by atoms with Gasteiger partial charge < -0.3 is 5.73 Å². The van der Waals surface area contributed by atoms with E-state index in [1.54, 1.807) is 12.1 Å². The Kier molecular flexibility index (Phi) is 6.65. The zero-order valence-electron chi connectivity index (χ0n) is 12.6. The highest BCUT2D eigenvalue weighted by Crippen LogP contribution is 2.13. The summed E-state index contributed by atoms with van der Waals surface area (Å²) >= 11 is 0. The molecule has 0 saturated heterocycles. The molecule has 0 bridgehead atoms. The van der Waals surface area contributed by atoms with Crippen LogP contribution in [0.3, 0.4) is 0 Å². The fourth-order valence-corrected chi connectivity index (χ4v) is 2.84. The van der Waals surface area contributed by atoms with Crippen molar-refractivity contribution in [2.45, 2.75) is 51.0 Å². The van der Waals surface area contributed by atoms with Gasteiger partial charge in [0.2, 0.25) is 10.0 Å². The van der Waals surface area contributed by atoms with Crippen LogP contribution in [0.4, 0.5) is 0 Å². The van der Waals surface area contributed by atoms with Crippen molar-refractivity contribution in [1.29, 1.82) is 0 Å². The number of aryl methyl sites for hydroxylation is 1. The van der Waals surface area contributed by atoms with Crippen LogP contribution in [0.2, 0.25) is 0 Å². The molecule has 0 radical (unpaired) electrons. The molecule has 114 valence electrons. The van der Waals surface area contributed by atoms with Crippen LogP contribution in [0, 0.1) is 5.92 Å². The van der Waals surface area contributed by atoms with Gasteiger partial charge in [0.1, 0.15) is 0 Å².